The summed E-state index contributed by atoms with van der Waals surface area (Å²) in [5, 5.41) is 15.3. The van der Waals surface area contributed by atoms with Crippen LogP contribution in [0.4, 0.5) is 10.1 Å². The van der Waals surface area contributed by atoms with Gasteiger partial charge >= 0.3 is 5.91 Å². The molecule has 4 aromatic rings. The zero-order valence-electron chi connectivity index (χ0n) is 18.9. The highest BCUT2D eigenvalue weighted by Gasteiger charge is 2.15. The first-order valence-corrected chi connectivity index (χ1v) is 11.5. The Hall–Kier alpha value is -4.25. The van der Waals surface area contributed by atoms with Gasteiger partial charge in [-0.05, 0) is 64.8 Å². The third-order valence-corrected chi connectivity index (χ3v) is 5.66. The molecule has 0 saturated carbocycles. The van der Waals surface area contributed by atoms with Crippen LogP contribution in [0.2, 0.25) is 0 Å². The smallest absolute Gasteiger partial charge is 0.307 e. The fraction of sp³-hybridized carbons (Fsp3) is 0.120. The standard InChI is InChI=1S/C25H19BrFN3O6/c1-2-34-22-11-17(20(26)12-23(22)35-14-15-3-5-18(27)6-4-15)13-28-29-25(31)24-10-16-9-19(30(32)33)7-8-21(16)36-24/h3-13H,2,14H2,1H3,(H,29,31)/b28-13-. The molecule has 0 atom stereocenters. The largest absolute Gasteiger partial charge is 0.490 e. The molecule has 0 bridgehead atoms. The number of ether oxygens (including phenoxy) is 2. The predicted molar refractivity (Wildman–Crippen MR) is 134 cm³/mol. The fourth-order valence-electron chi connectivity index (χ4n) is 3.24. The SMILES string of the molecule is CCOc1cc(/C=N\NC(=O)c2cc3cc([N+](=O)[O-])ccc3o2)c(Br)cc1OCc1ccc(F)cc1. The molecular formula is C25H19BrFN3O6. The second-order valence-electron chi connectivity index (χ2n) is 7.46. The first-order valence-electron chi connectivity index (χ1n) is 10.7. The summed E-state index contributed by atoms with van der Waals surface area (Å²) in [6.07, 6.45) is 1.42. The van der Waals surface area contributed by atoms with Gasteiger partial charge in [-0.3, -0.25) is 14.9 Å². The maximum Gasteiger partial charge on any atom is 0.307 e. The topological polar surface area (TPSA) is 116 Å². The number of nitrogens with one attached hydrogen (secondary N) is 1. The number of nitro benzene ring substituents is 1. The van der Waals surface area contributed by atoms with Crippen molar-refractivity contribution in [2.45, 2.75) is 13.5 Å². The van der Waals surface area contributed by atoms with E-state index >= 15 is 0 Å². The van der Waals surface area contributed by atoms with E-state index in [4.69, 9.17) is 13.9 Å². The summed E-state index contributed by atoms with van der Waals surface area (Å²) >= 11 is 3.46. The third kappa shape index (κ3) is 5.87. The molecule has 1 N–H and O–H groups in total. The molecule has 0 spiro atoms. The van der Waals surface area contributed by atoms with Gasteiger partial charge in [0, 0.05) is 27.6 Å². The Morgan fingerprint density at radius 3 is 2.61 bits per heavy atom. The molecule has 9 nitrogen and oxygen atoms in total. The summed E-state index contributed by atoms with van der Waals surface area (Å²) in [4.78, 5) is 22.8. The first-order chi connectivity index (χ1) is 17.3. The lowest BCUT2D eigenvalue weighted by Gasteiger charge is -2.14. The van der Waals surface area contributed by atoms with Gasteiger partial charge < -0.3 is 13.9 Å². The molecule has 0 aliphatic carbocycles. The summed E-state index contributed by atoms with van der Waals surface area (Å²) in [5.74, 6) is -0.0385. The van der Waals surface area contributed by atoms with Crippen LogP contribution in [0.3, 0.4) is 0 Å². The summed E-state index contributed by atoms with van der Waals surface area (Å²) in [6, 6.07) is 14.9. The van der Waals surface area contributed by atoms with Gasteiger partial charge in [0.15, 0.2) is 17.3 Å². The van der Waals surface area contributed by atoms with Crippen molar-refractivity contribution in [3.05, 3.63) is 98.0 Å². The second-order valence-corrected chi connectivity index (χ2v) is 8.31. The third-order valence-electron chi connectivity index (χ3n) is 4.97. The molecule has 1 aromatic heterocycles. The Bertz CT molecular complexity index is 1450. The normalized spacial score (nSPS) is 11.1. The number of amides is 1. The average Bonchev–Trinajstić information content (AvgIpc) is 3.29. The van der Waals surface area contributed by atoms with E-state index < -0.39 is 10.8 Å². The number of carbonyl (C=O) groups is 1. The molecule has 36 heavy (non-hydrogen) atoms. The van der Waals surface area contributed by atoms with E-state index in [9.17, 15) is 19.3 Å². The Balaban J connectivity index is 1.46. The van der Waals surface area contributed by atoms with E-state index in [2.05, 4.69) is 26.5 Å². The Kier molecular flexibility index (Phi) is 7.59. The molecule has 0 aliphatic heterocycles. The van der Waals surface area contributed by atoms with Crippen LogP contribution in [0.15, 0.2) is 74.7 Å². The minimum atomic E-state index is -0.620. The van der Waals surface area contributed by atoms with E-state index in [0.717, 1.165) is 5.56 Å². The molecule has 1 amide bonds. The number of non-ortho nitro benzene ring substituents is 1. The molecule has 0 saturated heterocycles. The van der Waals surface area contributed by atoms with Crippen LogP contribution >= 0.6 is 15.9 Å². The number of furan rings is 1. The van der Waals surface area contributed by atoms with Crippen molar-refractivity contribution in [2.24, 2.45) is 5.10 Å². The number of halogens is 2. The van der Waals surface area contributed by atoms with E-state index in [1.54, 1.807) is 24.3 Å². The lowest BCUT2D eigenvalue weighted by molar-refractivity contribution is -0.384. The van der Waals surface area contributed by atoms with Gasteiger partial charge in [0.25, 0.3) is 5.69 Å². The molecule has 0 fully saturated rings. The number of hydrogen-bond acceptors (Lipinski definition) is 7. The number of rotatable bonds is 9. The lowest BCUT2D eigenvalue weighted by Crippen LogP contribution is -2.16. The zero-order chi connectivity index (χ0) is 25.7. The Morgan fingerprint density at radius 1 is 1.14 bits per heavy atom. The van der Waals surface area contributed by atoms with Crippen LogP contribution in [-0.2, 0) is 6.61 Å². The minimum Gasteiger partial charge on any atom is -0.490 e. The van der Waals surface area contributed by atoms with Crippen molar-refractivity contribution >= 4 is 44.7 Å². The molecule has 184 valence electrons. The Labute approximate surface area is 212 Å². The van der Waals surface area contributed by atoms with Crippen LogP contribution in [0.25, 0.3) is 11.0 Å². The predicted octanol–water partition coefficient (Wildman–Crippen LogP) is 5.98. The summed E-state index contributed by atoms with van der Waals surface area (Å²) in [6.45, 7) is 2.45. The second kappa shape index (κ2) is 11.0. The molecule has 0 aliphatic rings. The van der Waals surface area contributed by atoms with Crippen LogP contribution < -0.4 is 14.9 Å². The van der Waals surface area contributed by atoms with Gasteiger partial charge in [0.2, 0.25) is 0 Å². The van der Waals surface area contributed by atoms with Crippen molar-refractivity contribution < 1.29 is 28.0 Å². The number of hydrazone groups is 1. The fourth-order valence-corrected chi connectivity index (χ4v) is 3.67. The molecule has 4 rings (SSSR count). The molecular weight excluding hydrogens is 537 g/mol. The molecule has 1 heterocycles. The van der Waals surface area contributed by atoms with Crippen LogP contribution in [0.5, 0.6) is 11.5 Å². The van der Waals surface area contributed by atoms with Crippen molar-refractivity contribution in [1.82, 2.24) is 5.43 Å². The number of benzene rings is 3. The molecule has 11 heteroatoms. The average molecular weight is 556 g/mol. The number of nitro groups is 1. The summed E-state index contributed by atoms with van der Waals surface area (Å²) < 4.78 is 30.7. The number of nitrogens with zero attached hydrogens (tertiary/aromatic N) is 2. The van der Waals surface area contributed by atoms with E-state index in [-0.39, 0.29) is 23.9 Å². The molecule has 0 unspecified atom stereocenters. The van der Waals surface area contributed by atoms with Crippen LogP contribution in [-0.4, -0.2) is 23.7 Å². The number of hydrogen-bond donors (Lipinski definition) is 1. The van der Waals surface area contributed by atoms with E-state index in [1.807, 2.05) is 6.92 Å². The van der Waals surface area contributed by atoms with Crippen molar-refractivity contribution in [3.63, 3.8) is 0 Å². The van der Waals surface area contributed by atoms with Gasteiger partial charge in [-0.1, -0.05) is 12.1 Å². The quantitative estimate of drug-likeness (QED) is 0.154. The van der Waals surface area contributed by atoms with Crippen LogP contribution in [0, 0.1) is 15.9 Å². The maximum absolute atomic E-state index is 13.1. The van der Waals surface area contributed by atoms with Gasteiger partial charge in [-0.25, -0.2) is 9.82 Å². The van der Waals surface area contributed by atoms with Gasteiger partial charge in [0.05, 0.1) is 17.7 Å². The highest BCUT2D eigenvalue weighted by atomic mass is 79.9. The Morgan fingerprint density at radius 2 is 1.89 bits per heavy atom. The van der Waals surface area contributed by atoms with Crippen LogP contribution in [0.1, 0.15) is 28.6 Å². The molecule has 0 radical (unpaired) electrons. The van der Waals surface area contributed by atoms with Gasteiger partial charge in [0.1, 0.15) is 18.0 Å². The highest BCUT2D eigenvalue weighted by Crippen LogP contribution is 2.34. The lowest BCUT2D eigenvalue weighted by atomic mass is 10.2. The van der Waals surface area contributed by atoms with Crippen molar-refractivity contribution in [3.8, 4) is 11.5 Å². The van der Waals surface area contributed by atoms with Gasteiger partial charge in [-0.15, -0.1) is 0 Å². The van der Waals surface area contributed by atoms with Crippen molar-refractivity contribution in [2.75, 3.05) is 6.61 Å². The first kappa shape index (κ1) is 24.9. The van der Waals surface area contributed by atoms with Crippen molar-refractivity contribution in [1.29, 1.82) is 0 Å². The zero-order valence-corrected chi connectivity index (χ0v) is 20.5. The van der Waals surface area contributed by atoms with E-state index in [0.29, 0.717) is 39.1 Å². The minimum absolute atomic E-state index is 0.0405. The summed E-state index contributed by atoms with van der Waals surface area (Å²) in [7, 11) is 0. The number of fused-ring (bicyclic) bond motifs is 1. The van der Waals surface area contributed by atoms with E-state index in [1.165, 1.54) is 42.6 Å². The van der Waals surface area contributed by atoms with Gasteiger partial charge in [-0.2, -0.15) is 5.10 Å². The molecule has 3 aromatic carbocycles. The highest BCUT2D eigenvalue weighted by molar-refractivity contribution is 9.10. The monoisotopic (exact) mass is 555 g/mol. The number of carbonyl (C=O) groups excluding carboxylic acids is 1. The maximum atomic E-state index is 13.1. The summed E-state index contributed by atoms with van der Waals surface area (Å²) in [5.41, 5.74) is 4.01.